The summed E-state index contributed by atoms with van der Waals surface area (Å²) < 4.78 is 14.6. The molecule has 3 aromatic rings. The van der Waals surface area contributed by atoms with Crippen LogP contribution in [0.1, 0.15) is 30.2 Å². The van der Waals surface area contributed by atoms with Gasteiger partial charge in [0.2, 0.25) is 0 Å². The van der Waals surface area contributed by atoms with Crippen LogP contribution in [0.4, 0.5) is 4.39 Å². The van der Waals surface area contributed by atoms with Gasteiger partial charge in [-0.25, -0.2) is 9.07 Å². The lowest BCUT2D eigenvalue weighted by Crippen LogP contribution is -2.17. The third kappa shape index (κ3) is 4.11. The van der Waals surface area contributed by atoms with Crippen molar-refractivity contribution in [2.24, 2.45) is 4.99 Å². The van der Waals surface area contributed by atoms with Gasteiger partial charge in [-0.2, -0.15) is 0 Å². The van der Waals surface area contributed by atoms with Crippen molar-refractivity contribution in [1.82, 2.24) is 9.78 Å². The molecule has 0 aliphatic heterocycles. The van der Waals surface area contributed by atoms with Crippen molar-refractivity contribution < 1.29 is 4.39 Å². The summed E-state index contributed by atoms with van der Waals surface area (Å²) >= 11 is 5.88. The number of H-pyrrole nitrogens is 1. The highest BCUT2D eigenvalue weighted by Crippen LogP contribution is 2.12. The molecule has 2 aromatic carbocycles. The van der Waals surface area contributed by atoms with Crippen LogP contribution in [-0.2, 0) is 13.0 Å². The van der Waals surface area contributed by atoms with Crippen LogP contribution in [0.2, 0.25) is 5.02 Å². The Bertz CT molecular complexity index is 956. The van der Waals surface area contributed by atoms with E-state index in [1.807, 2.05) is 31.2 Å². The lowest BCUT2D eigenvalue weighted by atomic mass is 10.2. The standard InChI is InChI=1S/C20H19ClFN3O/c1-2-3-19-18(13-23-12-14-4-6-15(21)7-5-14)20(26)25(24-19)17-10-8-16(22)9-11-17/h4-11,13,24H,2-3,12H2,1H3. The van der Waals surface area contributed by atoms with Gasteiger partial charge in [-0.15, -0.1) is 0 Å². The van der Waals surface area contributed by atoms with E-state index in [1.165, 1.54) is 16.8 Å². The number of aromatic amines is 1. The van der Waals surface area contributed by atoms with E-state index in [1.54, 1.807) is 18.3 Å². The summed E-state index contributed by atoms with van der Waals surface area (Å²) in [6, 6.07) is 13.2. The highest BCUT2D eigenvalue weighted by atomic mass is 35.5. The first-order valence-electron chi connectivity index (χ1n) is 8.42. The van der Waals surface area contributed by atoms with Crippen LogP contribution in [0.3, 0.4) is 0 Å². The van der Waals surface area contributed by atoms with Gasteiger partial charge in [0.05, 0.1) is 17.8 Å². The van der Waals surface area contributed by atoms with E-state index in [2.05, 4.69) is 10.1 Å². The number of benzene rings is 2. The van der Waals surface area contributed by atoms with Crippen LogP contribution in [0.5, 0.6) is 0 Å². The maximum absolute atomic E-state index is 13.1. The molecule has 0 saturated carbocycles. The van der Waals surface area contributed by atoms with Gasteiger partial charge < -0.3 is 0 Å². The van der Waals surface area contributed by atoms with E-state index < -0.39 is 0 Å². The zero-order valence-electron chi connectivity index (χ0n) is 14.4. The Morgan fingerprint density at radius 1 is 1.15 bits per heavy atom. The minimum Gasteiger partial charge on any atom is -0.294 e. The van der Waals surface area contributed by atoms with Crippen LogP contribution >= 0.6 is 11.6 Å². The zero-order chi connectivity index (χ0) is 18.5. The minimum atomic E-state index is -0.341. The van der Waals surface area contributed by atoms with Crippen LogP contribution in [-0.4, -0.2) is 16.0 Å². The second kappa shape index (κ2) is 8.15. The number of halogens is 2. The fourth-order valence-electron chi connectivity index (χ4n) is 2.67. The normalized spacial score (nSPS) is 11.3. The average Bonchev–Trinajstić information content (AvgIpc) is 2.94. The topological polar surface area (TPSA) is 50.1 Å². The molecule has 0 saturated heterocycles. The molecule has 4 nitrogen and oxygen atoms in total. The monoisotopic (exact) mass is 371 g/mol. The zero-order valence-corrected chi connectivity index (χ0v) is 15.1. The number of nitrogens with one attached hydrogen (secondary N) is 1. The molecule has 0 fully saturated rings. The molecule has 0 unspecified atom stereocenters. The van der Waals surface area contributed by atoms with E-state index in [0.717, 1.165) is 24.1 Å². The maximum atomic E-state index is 13.1. The van der Waals surface area contributed by atoms with Gasteiger partial charge in [0.15, 0.2) is 0 Å². The molecule has 134 valence electrons. The molecular formula is C20H19ClFN3O. The van der Waals surface area contributed by atoms with Gasteiger partial charge in [-0.3, -0.25) is 14.9 Å². The molecule has 6 heteroatoms. The molecule has 1 heterocycles. The van der Waals surface area contributed by atoms with Gasteiger partial charge >= 0.3 is 0 Å². The highest BCUT2D eigenvalue weighted by molar-refractivity contribution is 6.30. The molecule has 0 radical (unpaired) electrons. The van der Waals surface area contributed by atoms with E-state index in [9.17, 15) is 9.18 Å². The number of hydrogen-bond acceptors (Lipinski definition) is 2. The van der Waals surface area contributed by atoms with Gasteiger partial charge in [0.1, 0.15) is 5.82 Å². The summed E-state index contributed by atoms with van der Waals surface area (Å²) in [7, 11) is 0. The summed E-state index contributed by atoms with van der Waals surface area (Å²) in [5, 5.41) is 3.79. The third-order valence-electron chi connectivity index (χ3n) is 4.00. The minimum absolute atomic E-state index is 0.195. The van der Waals surface area contributed by atoms with Crippen LogP contribution in [0.25, 0.3) is 5.69 Å². The molecule has 26 heavy (non-hydrogen) atoms. The Hall–Kier alpha value is -2.66. The first kappa shape index (κ1) is 18.1. The summed E-state index contributed by atoms with van der Waals surface area (Å²) in [5.41, 5.74) is 2.76. The van der Waals surface area contributed by atoms with Crippen molar-refractivity contribution in [3.63, 3.8) is 0 Å². The van der Waals surface area contributed by atoms with E-state index in [0.29, 0.717) is 22.8 Å². The molecule has 1 aromatic heterocycles. The number of nitrogens with zero attached hydrogens (tertiary/aromatic N) is 2. The molecule has 0 aliphatic carbocycles. The summed E-state index contributed by atoms with van der Waals surface area (Å²) in [6.07, 6.45) is 3.23. The molecule has 3 rings (SSSR count). The second-order valence-electron chi connectivity index (χ2n) is 5.97. The first-order valence-corrected chi connectivity index (χ1v) is 8.80. The number of aliphatic imine (C=N–C) groups is 1. The van der Waals surface area contributed by atoms with Crippen molar-refractivity contribution >= 4 is 17.8 Å². The van der Waals surface area contributed by atoms with Crippen LogP contribution in [0, 0.1) is 5.82 Å². The van der Waals surface area contributed by atoms with Crippen molar-refractivity contribution in [2.75, 3.05) is 0 Å². The summed E-state index contributed by atoms with van der Waals surface area (Å²) in [5.74, 6) is -0.341. The quantitative estimate of drug-likeness (QED) is 0.636. The van der Waals surface area contributed by atoms with Crippen LogP contribution in [0.15, 0.2) is 58.3 Å². The van der Waals surface area contributed by atoms with Crippen molar-refractivity contribution in [3.05, 3.63) is 86.5 Å². The molecule has 0 atom stereocenters. The highest BCUT2D eigenvalue weighted by Gasteiger charge is 2.13. The fourth-order valence-corrected chi connectivity index (χ4v) is 2.80. The Morgan fingerprint density at radius 3 is 2.50 bits per heavy atom. The molecule has 1 N–H and O–H groups in total. The van der Waals surface area contributed by atoms with Crippen LogP contribution < -0.4 is 5.56 Å². The second-order valence-corrected chi connectivity index (χ2v) is 6.40. The summed E-state index contributed by atoms with van der Waals surface area (Å²) in [6.45, 7) is 2.51. The largest absolute Gasteiger partial charge is 0.294 e. The Labute approximate surface area is 156 Å². The van der Waals surface area contributed by atoms with E-state index in [4.69, 9.17) is 11.6 Å². The Balaban J connectivity index is 1.89. The van der Waals surface area contributed by atoms with Crippen molar-refractivity contribution in [3.8, 4) is 5.69 Å². The predicted molar refractivity (Wildman–Crippen MR) is 103 cm³/mol. The predicted octanol–water partition coefficient (Wildman–Crippen LogP) is 4.53. The number of rotatable bonds is 6. The van der Waals surface area contributed by atoms with E-state index >= 15 is 0 Å². The smallest absolute Gasteiger partial charge is 0.280 e. The Morgan fingerprint density at radius 2 is 1.85 bits per heavy atom. The average molecular weight is 372 g/mol. The fraction of sp³-hybridized carbons (Fsp3) is 0.200. The molecular weight excluding hydrogens is 353 g/mol. The van der Waals surface area contributed by atoms with Gasteiger partial charge in [0.25, 0.3) is 5.56 Å². The van der Waals surface area contributed by atoms with Gasteiger partial charge in [-0.1, -0.05) is 37.1 Å². The van der Waals surface area contributed by atoms with Crippen molar-refractivity contribution in [2.45, 2.75) is 26.3 Å². The Kier molecular flexibility index (Phi) is 5.68. The number of aromatic nitrogens is 2. The number of aryl methyl sites for hydroxylation is 1. The van der Waals surface area contributed by atoms with E-state index in [-0.39, 0.29) is 11.4 Å². The van der Waals surface area contributed by atoms with Crippen molar-refractivity contribution in [1.29, 1.82) is 0 Å². The molecule has 0 aliphatic rings. The number of hydrogen-bond donors (Lipinski definition) is 1. The lowest BCUT2D eigenvalue weighted by Gasteiger charge is -2.01. The molecule has 0 bridgehead atoms. The molecule has 0 spiro atoms. The summed E-state index contributed by atoms with van der Waals surface area (Å²) in [4.78, 5) is 17.2. The molecule has 0 amide bonds. The third-order valence-corrected chi connectivity index (χ3v) is 4.25. The van der Waals surface area contributed by atoms with Gasteiger partial charge in [0, 0.05) is 16.9 Å². The first-order chi connectivity index (χ1) is 12.6. The maximum Gasteiger partial charge on any atom is 0.280 e. The lowest BCUT2D eigenvalue weighted by molar-refractivity contribution is 0.626. The SMILES string of the molecule is CCCc1[nH]n(-c2ccc(F)cc2)c(=O)c1C=NCc1ccc(Cl)cc1. The van der Waals surface area contributed by atoms with Gasteiger partial charge in [-0.05, 0) is 48.4 Å².